The van der Waals surface area contributed by atoms with Crippen molar-refractivity contribution in [1.29, 1.82) is 0 Å². The zero-order valence-electron chi connectivity index (χ0n) is 15.6. The number of hydrogen-bond acceptors (Lipinski definition) is 2. The second-order valence-corrected chi connectivity index (χ2v) is 8.74. The zero-order valence-corrected chi connectivity index (χ0v) is 15.6. The van der Waals surface area contributed by atoms with Crippen molar-refractivity contribution in [2.45, 2.75) is 58.4 Å². The lowest BCUT2D eigenvalue weighted by molar-refractivity contribution is 0.307. The Kier molecular flexibility index (Phi) is 3.69. The highest BCUT2D eigenvalue weighted by Crippen LogP contribution is 2.54. The molecule has 5 aliphatic rings. The maximum absolute atomic E-state index is 3.48. The van der Waals surface area contributed by atoms with E-state index in [1.165, 1.54) is 44.2 Å². The molecule has 0 spiro atoms. The summed E-state index contributed by atoms with van der Waals surface area (Å²) in [5.74, 6) is 2.20. The molecule has 0 aromatic heterocycles. The van der Waals surface area contributed by atoms with Gasteiger partial charge in [-0.15, -0.1) is 0 Å². The molecule has 0 amide bonds. The van der Waals surface area contributed by atoms with E-state index in [0.29, 0.717) is 12.0 Å². The molecule has 1 saturated heterocycles. The number of nitrogens with one attached hydrogen (secondary N) is 1. The third-order valence-corrected chi connectivity index (χ3v) is 6.74. The van der Waals surface area contributed by atoms with Crippen LogP contribution in [0.5, 0.6) is 0 Å². The molecule has 0 radical (unpaired) electrons. The monoisotopic (exact) mass is 334 g/mol. The summed E-state index contributed by atoms with van der Waals surface area (Å²) in [5.41, 5.74) is 8.11. The quantitative estimate of drug-likeness (QED) is 0.760. The van der Waals surface area contributed by atoms with Crippen molar-refractivity contribution < 1.29 is 0 Å². The Bertz CT molecular complexity index is 731. The molecule has 0 saturated carbocycles. The van der Waals surface area contributed by atoms with Gasteiger partial charge >= 0.3 is 0 Å². The highest BCUT2D eigenvalue weighted by atomic mass is 15.2. The molecule has 3 unspecified atom stereocenters. The normalized spacial score (nSPS) is 33.0. The van der Waals surface area contributed by atoms with E-state index >= 15 is 0 Å². The molecule has 1 fully saturated rings. The molecule has 1 N–H and O–H groups in total. The van der Waals surface area contributed by atoms with Crippen molar-refractivity contribution in [3.05, 3.63) is 58.6 Å². The van der Waals surface area contributed by atoms with Crippen molar-refractivity contribution in [1.82, 2.24) is 10.2 Å². The van der Waals surface area contributed by atoms with Gasteiger partial charge in [0.1, 0.15) is 0 Å². The van der Waals surface area contributed by atoms with Gasteiger partial charge in [0.25, 0.3) is 0 Å². The van der Waals surface area contributed by atoms with Crippen LogP contribution in [0.2, 0.25) is 0 Å². The Morgan fingerprint density at radius 3 is 3.00 bits per heavy atom. The molecule has 2 aliphatic carbocycles. The van der Waals surface area contributed by atoms with E-state index in [-0.39, 0.29) is 0 Å². The van der Waals surface area contributed by atoms with Crippen LogP contribution in [0.3, 0.4) is 0 Å². The largest absolute Gasteiger partial charge is 0.387 e. The van der Waals surface area contributed by atoms with E-state index in [1.54, 1.807) is 22.4 Å². The minimum absolute atomic E-state index is 0.563. The summed E-state index contributed by atoms with van der Waals surface area (Å²) < 4.78 is 0. The van der Waals surface area contributed by atoms with Crippen LogP contribution in [-0.4, -0.2) is 17.5 Å². The lowest BCUT2D eigenvalue weighted by Gasteiger charge is -2.37. The minimum atomic E-state index is 0.563. The van der Waals surface area contributed by atoms with Crippen LogP contribution in [0.25, 0.3) is 0 Å². The zero-order chi connectivity index (χ0) is 17.0. The van der Waals surface area contributed by atoms with Crippen LogP contribution < -0.4 is 5.32 Å². The van der Waals surface area contributed by atoms with Crippen molar-refractivity contribution in [3.8, 4) is 0 Å². The molecular weight excluding hydrogens is 304 g/mol. The lowest BCUT2D eigenvalue weighted by Crippen LogP contribution is -2.35. The van der Waals surface area contributed by atoms with E-state index in [0.717, 1.165) is 18.4 Å². The summed E-state index contributed by atoms with van der Waals surface area (Å²) in [6.07, 6.45) is 19.8. The molecule has 0 bridgehead atoms. The van der Waals surface area contributed by atoms with Crippen LogP contribution >= 0.6 is 0 Å². The maximum atomic E-state index is 3.48. The number of fused-ring (bicyclic) bond motifs is 5. The Hall–Kier alpha value is -1.70. The fourth-order valence-corrected chi connectivity index (χ4v) is 5.80. The topological polar surface area (TPSA) is 15.3 Å². The summed E-state index contributed by atoms with van der Waals surface area (Å²) in [7, 11) is 0. The van der Waals surface area contributed by atoms with Gasteiger partial charge in [0.05, 0.1) is 6.04 Å². The van der Waals surface area contributed by atoms with Crippen LogP contribution in [-0.2, 0) is 0 Å². The highest BCUT2D eigenvalue weighted by Gasteiger charge is 2.46. The first-order chi connectivity index (χ1) is 12.2. The molecule has 2 nitrogen and oxygen atoms in total. The van der Waals surface area contributed by atoms with Crippen molar-refractivity contribution in [3.63, 3.8) is 0 Å². The fraction of sp³-hybridized carbons (Fsp3) is 0.565. The minimum Gasteiger partial charge on any atom is -0.387 e. The molecule has 3 heterocycles. The van der Waals surface area contributed by atoms with Gasteiger partial charge in [-0.25, -0.2) is 0 Å². The first kappa shape index (κ1) is 15.5. The molecule has 5 rings (SSSR count). The van der Waals surface area contributed by atoms with Gasteiger partial charge in [-0.05, 0) is 67.6 Å². The lowest BCUT2D eigenvalue weighted by atomic mass is 9.74. The van der Waals surface area contributed by atoms with Gasteiger partial charge in [0.15, 0.2) is 0 Å². The Morgan fingerprint density at radius 2 is 2.12 bits per heavy atom. The van der Waals surface area contributed by atoms with Crippen LogP contribution in [0.15, 0.2) is 58.6 Å². The highest BCUT2D eigenvalue weighted by molar-refractivity contribution is 5.54. The summed E-state index contributed by atoms with van der Waals surface area (Å²) in [4.78, 5) is 2.78. The van der Waals surface area contributed by atoms with Crippen LogP contribution in [0.4, 0.5) is 0 Å². The Labute approximate surface area is 152 Å². The van der Waals surface area contributed by atoms with Crippen LogP contribution in [0, 0.1) is 17.8 Å². The summed E-state index contributed by atoms with van der Waals surface area (Å²) >= 11 is 0. The first-order valence-corrected chi connectivity index (χ1v) is 10.3. The van der Waals surface area contributed by atoms with E-state index in [1.807, 2.05) is 0 Å². The van der Waals surface area contributed by atoms with Crippen molar-refractivity contribution in [2.24, 2.45) is 17.8 Å². The van der Waals surface area contributed by atoms with Gasteiger partial charge < -0.3 is 10.2 Å². The van der Waals surface area contributed by atoms with E-state index in [9.17, 15) is 0 Å². The number of allylic oxidation sites excluding steroid dienone is 5. The third-order valence-electron chi connectivity index (χ3n) is 6.74. The van der Waals surface area contributed by atoms with Gasteiger partial charge in [0, 0.05) is 35.6 Å². The average Bonchev–Trinajstić information content (AvgIpc) is 2.84. The van der Waals surface area contributed by atoms with Gasteiger partial charge in [-0.1, -0.05) is 32.1 Å². The van der Waals surface area contributed by atoms with Gasteiger partial charge in [0.2, 0.25) is 0 Å². The SMILES string of the molecule is CC(C)CC1CCC2C3=CNCC=C3N3C2=C1CC=C1C=CCCC13. The van der Waals surface area contributed by atoms with Crippen molar-refractivity contribution in [2.75, 3.05) is 6.54 Å². The molecular formula is C23H30N2. The predicted octanol–water partition coefficient (Wildman–Crippen LogP) is 5.05. The first-order valence-electron chi connectivity index (χ1n) is 10.3. The smallest absolute Gasteiger partial charge is 0.0588 e. The van der Waals surface area contributed by atoms with Gasteiger partial charge in [-0.3, -0.25) is 0 Å². The summed E-state index contributed by atoms with van der Waals surface area (Å²) in [6.45, 7) is 5.74. The second-order valence-electron chi connectivity index (χ2n) is 8.74. The molecule has 25 heavy (non-hydrogen) atoms. The Balaban J connectivity index is 1.67. The number of rotatable bonds is 2. The van der Waals surface area contributed by atoms with Crippen molar-refractivity contribution >= 4 is 0 Å². The molecule has 0 aromatic rings. The second kappa shape index (κ2) is 5.93. The Morgan fingerprint density at radius 1 is 1.20 bits per heavy atom. The summed E-state index contributed by atoms with van der Waals surface area (Å²) in [6, 6.07) is 0.563. The van der Waals surface area contributed by atoms with Crippen LogP contribution in [0.1, 0.15) is 52.4 Å². The third kappa shape index (κ3) is 2.37. The molecule has 132 valence electrons. The van der Waals surface area contributed by atoms with E-state index < -0.39 is 0 Å². The number of dihydropyridines is 1. The molecule has 0 aromatic carbocycles. The molecule has 3 aliphatic heterocycles. The molecule has 2 heteroatoms. The van der Waals surface area contributed by atoms with E-state index in [2.05, 4.69) is 54.6 Å². The summed E-state index contributed by atoms with van der Waals surface area (Å²) in [5, 5.41) is 3.48. The predicted molar refractivity (Wildman–Crippen MR) is 104 cm³/mol. The maximum Gasteiger partial charge on any atom is 0.0588 e. The van der Waals surface area contributed by atoms with Gasteiger partial charge in [-0.2, -0.15) is 0 Å². The van der Waals surface area contributed by atoms with E-state index in [4.69, 9.17) is 0 Å². The number of hydrogen-bond donors (Lipinski definition) is 1. The fourth-order valence-electron chi connectivity index (χ4n) is 5.80. The number of nitrogens with zero attached hydrogens (tertiary/aromatic N) is 1. The average molecular weight is 335 g/mol. The molecule has 3 atom stereocenters. The standard InChI is InChI=1S/C23H30N2/c1-15(2)13-17-8-10-19-20-14-24-12-11-22(20)25-21-6-4-3-5-16(21)7-9-18(17)23(19)25/h3,5,7,11,14-15,17,19,21,24H,4,6,8-10,12-13H2,1-2H3.